The molecule has 0 N–H and O–H groups in total. The highest BCUT2D eigenvalue weighted by Crippen LogP contribution is 2.36. The van der Waals surface area contributed by atoms with Crippen molar-refractivity contribution in [3.05, 3.63) is 34.7 Å². The molecule has 1 aromatic rings. The van der Waals surface area contributed by atoms with Crippen LogP contribution in [0.4, 0.5) is 0 Å². The van der Waals surface area contributed by atoms with E-state index >= 15 is 0 Å². The van der Waals surface area contributed by atoms with E-state index in [1.165, 1.54) is 0 Å². The third-order valence-corrected chi connectivity index (χ3v) is 4.99. The third kappa shape index (κ3) is 3.96. The van der Waals surface area contributed by atoms with Crippen LogP contribution in [0.1, 0.15) is 31.7 Å². The van der Waals surface area contributed by atoms with E-state index in [1.54, 1.807) is 19.3 Å². The lowest BCUT2D eigenvalue weighted by atomic mass is 10.1. The summed E-state index contributed by atoms with van der Waals surface area (Å²) in [5.74, 6) is -1.05. The van der Waals surface area contributed by atoms with Crippen molar-refractivity contribution in [2.24, 2.45) is 0 Å². The van der Waals surface area contributed by atoms with Crippen molar-refractivity contribution in [2.45, 2.75) is 32.2 Å². The Labute approximate surface area is 150 Å². The highest BCUT2D eigenvalue weighted by atomic mass is 32.2. The fourth-order valence-corrected chi connectivity index (χ4v) is 3.77. The molecule has 1 fully saturated rings. The van der Waals surface area contributed by atoms with E-state index in [0.29, 0.717) is 23.5 Å². The van der Waals surface area contributed by atoms with Crippen LogP contribution >= 0.6 is 24.0 Å². The predicted octanol–water partition coefficient (Wildman–Crippen LogP) is 2.21. The van der Waals surface area contributed by atoms with Crippen LogP contribution in [0.15, 0.2) is 29.2 Å². The molecule has 0 bridgehead atoms. The number of carbonyl (C=O) groups is 2. The predicted molar refractivity (Wildman–Crippen MR) is 96.3 cm³/mol. The van der Waals surface area contributed by atoms with Crippen LogP contribution in [0.25, 0.3) is 6.08 Å². The molecule has 0 aliphatic carbocycles. The van der Waals surface area contributed by atoms with Gasteiger partial charge in [-0.1, -0.05) is 61.9 Å². The van der Waals surface area contributed by atoms with Crippen molar-refractivity contribution in [3.63, 3.8) is 0 Å². The third-order valence-electron chi connectivity index (χ3n) is 3.66. The summed E-state index contributed by atoms with van der Waals surface area (Å²) in [6.45, 7) is 1.96. The Balaban J connectivity index is 2.30. The lowest BCUT2D eigenvalue weighted by molar-refractivity contribution is -0.310. The SMILES string of the molecule is CCCC[C@H](C(=O)[O-])N1C(=O)/C(=C/c2ccccc2OC)SC1=S. The number of thioether (sulfide) groups is 1. The number of rotatable bonds is 7. The van der Waals surface area contributed by atoms with Crippen LogP contribution in [-0.4, -0.2) is 34.2 Å². The van der Waals surface area contributed by atoms with Crippen LogP contribution in [-0.2, 0) is 9.59 Å². The number of hydrogen-bond donors (Lipinski definition) is 0. The standard InChI is InChI=1S/C17H19NO4S2/c1-3-4-8-12(16(20)21)18-15(19)14(24-17(18)23)10-11-7-5-6-9-13(11)22-2/h5-7,9-10,12H,3-4,8H2,1-2H3,(H,20,21)/p-1/b14-10-/t12-/m1/s1. The summed E-state index contributed by atoms with van der Waals surface area (Å²) in [5.41, 5.74) is 0.735. The van der Waals surface area contributed by atoms with Gasteiger partial charge in [-0.15, -0.1) is 0 Å². The number of para-hydroxylation sites is 1. The molecule has 1 heterocycles. The maximum absolute atomic E-state index is 12.6. The van der Waals surface area contributed by atoms with Gasteiger partial charge in [-0.3, -0.25) is 9.69 Å². The Morgan fingerprint density at radius 3 is 2.79 bits per heavy atom. The minimum atomic E-state index is -1.28. The Morgan fingerprint density at radius 1 is 1.46 bits per heavy atom. The maximum atomic E-state index is 12.6. The van der Waals surface area contributed by atoms with Gasteiger partial charge in [-0.2, -0.15) is 0 Å². The second kappa shape index (κ2) is 8.30. The molecule has 24 heavy (non-hydrogen) atoms. The fraction of sp³-hybridized carbons (Fsp3) is 0.353. The lowest BCUT2D eigenvalue weighted by Gasteiger charge is -2.27. The van der Waals surface area contributed by atoms with Crippen LogP contribution in [0.2, 0.25) is 0 Å². The molecule has 5 nitrogen and oxygen atoms in total. The summed E-state index contributed by atoms with van der Waals surface area (Å²) in [4.78, 5) is 25.6. The van der Waals surface area contributed by atoms with Gasteiger partial charge in [0.25, 0.3) is 5.91 Å². The maximum Gasteiger partial charge on any atom is 0.266 e. The van der Waals surface area contributed by atoms with Gasteiger partial charge in [0.2, 0.25) is 0 Å². The number of thiocarbonyl (C=S) groups is 1. The van der Waals surface area contributed by atoms with Crippen molar-refractivity contribution in [3.8, 4) is 5.75 Å². The zero-order chi connectivity index (χ0) is 17.7. The van der Waals surface area contributed by atoms with E-state index < -0.39 is 17.9 Å². The molecule has 0 aromatic heterocycles. The number of amides is 1. The van der Waals surface area contributed by atoms with Gasteiger partial charge >= 0.3 is 0 Å². The number of methoxy groups -OCH3 is 1. The molecule has 1 aliphatic rings. The molecule has 128 valence electrons. The molecule has 1 atom stereocenters. The van der Waals surface area contributed by atoms with E-state index in [1.807, 2.05) is 25.1 Å². The summed E-state index contributed by atoms with van der Waals surface area (Å²) in [5, 5.41) is 11.4. The van der Waals surface area contributed by atoms with Crippen LogP contribution < -0.4 is 9.84 Å². The highest BCUT2D eigenvalue weighted by Gasteiger charge is 2.37. The number of carboxylic acid groups (broad SMARTS) is 1. The monoisotopic (exact) mass is 364 g/mol. The minimum Gasteiger partial charge on any atom is -0.548 e. The van der Waals surface area contributed by atoms with Gasteiger partial charge in [-0.25, -0.2) is 0 Å². The second-order valence-corrected chi connectivity index (χ2v) is 6.95. The molecule has 1 aliphatic heterocycles. The van der Waals surface area contributed by atoms with Crippen molar-refractivity contribution in [2.75, 3.05) is 7.11 Å². The summed E-state index contributed by atoms with van der Waals surface area (Å²) < 4.78 is 5.51. The van der Waals surface area contributed by atoms with Crippen molar-refractivity contribution >= 4 is 46.3 Å². The first-order valence-electron chi connectivity index (χ1n) is 7.60. The molecule has 0 saturated carbocycles. The molecular weight excluding hydrogens is 346 g/mol. The molecule has 1 saturated heterocycles. The highest BCUT2D eigenvalue weighted by molar-refractivity contribution is 8.26. The number of nitrogens with zero attached hydrogens (tertiary/aromatic N) is 1. The van der Waals surface area contributed by atoms with E-state index in [2.05, 4.69) is 0 Å². The van der Waals surface area contributed by atoms with E-state index in [-0.39, 0.29) is 4.32 Å². The van der Waals surface area contributed by atoms with Gasteiger partial charge in [0, 0.05) is 5.56 Å². The fourth-order valence-electron chi connectivity index (χ4n) is 2.43. The molecule has 0 radical (unpaired) electrons. The second-order valence-electron chi connectivity index (χ2n) is 5.27. The van der Waals surface area contributed by atoms with E-state index in [0.717, 1.165) is 28.6 Å². The smallest absolute Gasteiger partial charge is 0.266 e. The topological polar surface area (TPSA) is 69.7 Å². The first-order chi connectivity index (χ1) is 11.5. The van der Waals surface area contributed by atoms with Crippen LogP contribution in [0.3, 0.4) is 0 Å². The Hall–Kier alpha value is -1.86. The van der Waals surface area contributed by atoms with Crippen LogP contribution in [0, 0.1) is 0 Å². The summed E-state index contributed by atoms with van der Waals surface area (Å²) >= 11 is 6.32. The number of ether oxygens (including phenoxy) is 1. The molecule has 2 rings (SSSR count). The summed E-state index contributed by atoms with van der Waals surface area (Å²) in [6.07, 6.45) is 3.51. The molecule has 7 heteroatoms. The van der Waals surface area contributed by atoms with Gasteiger partial charge in [0.05, 0.1) is 24.0 Å². The Kier molecular flexibility index (Phi) is 6.39. The Morgan fingerprint density at radius 2 is 2.17 bits per heavy atom. The lowest BCUT2D eigenvalue weighted by Crippen LogP contribution is -2.49. The molecular formula is C17H18NO4S2-. The minimum absolute atomic E-state index is 0.242. The zero-order valence-electron chi connectivity index (χ0n) is 13.5. The largest absolute Gasteiger partial charge is 0.548 e. The molecule has 0 spiro atoms. The summed E-state index contributed by atoms with van der Waals surface area (Å²) in [7, 11) is 1.55. The number of hydrogen-bond acceptors (Lipinski definition) is 6. The van der Waals surface area contributed by atoms with E-state index in [4.69, 9.17) is 17.0 Å². The first kappa shape index (κ1) is 18.5. The molecule has 1 aromatic carbocycles. The number of carboxylic acids is 1. The van der Waals surface area contributed by atoms with Gasteiger partial charge in [0.15, 0.2) is 0 Å². The van der Waals surface area contributed by atoms with Gasteiger partial charge in [0.1, 0.15) is 10.1 Å². The number of benzene rings is 1. The van der Waals surface area contributed by atoms with Crippen molar-refractivity contribution in [1.82, 2.24) is 4.90 Å². The average Bonchev–Trinajstić information content (AvgIpc) is 2.83. The van der Waals surface area contributed by atoms with Crippen LogP contribution in [0.5, 0.6) is 5.75 Å². The normalized spacial score (nSPS) is 17.4. The van der Waals surface area contributed by atoms with E-state index in [9.17, 15) is 14.7 Å². The number of carbonyl (C=O) groups excluding carboxylic acids is 2. The van der Waals surface area contributed by atoms with Crippen molar-refractivity contribution in [1.29, 1.82) is 0 Å². The van der Waals surface area contributed by atoms with Crippen molar-refractivity contribution < 1.29 is 19.4 Å². The van der Waals surface area contributed by atoms with Gasteiger partial charge < -0.3 is 14.6 Å². The zero-order valence-corrected chi connectivity index (χ0v) is 15.1. The average molecular weight is 364 g/mol. The number of aliphatic carboxylic acids is 1. The molecule has 0 unspecified atom stereocenters. The van der Waals surface area contributed by atoms with Gasteiger partial charge in [-0.05, 0) is 18.6 Å². The molecule has 1 amide bonds. The number of unbranched alkanes of at least 4 members (excludes halogenated alkanes) is 1. The summed E-state index contributed by atoms with van der Waals surface area (Å²) in [6, 6.07) is 6.25. The first-order valence-corrected chi connectivity index (χ1v) is 8.83. The quantitative estimate of drug-likeness (QED) is 0.546. The Bertz CT molecular complexity index is 687.